The minimum atomic E-state index is -0.138. The molecule has 0 saturated heterocycles. The SMILES string of the molecule is CCCCO[C@H]1CC[C@H](NC(=O)c2c(C)n(C)c3c(C)cn(C)c(=O)c23)CC1. The number of nitrogens with one attached hydrogen (secondary N) is 1. The molecule has 0 bridgehead atoms. The van der Waals surface area contributed by atoms with E-state index in [1.54, 1.807) is 11.6 Å². The number of carbonyl (C=O) groups excluding carboxylic acids is 1. The van der Waals surface area contributed by atoms with Crippen molar-refractivity contribution in [3.63, 3.8) is 0 Å². The van der Waals surface area contributed by atoms with Gasteiger partial charge in [-0.15, -0.1) is 0 Å². The fraction of sp³-hybridized carbons (Fsp3) is 0.636. The van der Waals surface area contributed by atoms with Gasteiger partial charge in [0.15, 0.2) is 0 Å². The molecule has 1 aliphatic rings. The van der Waals surface area contributed by atoms with Crippen LogP contribution in [0, 0.1) is 13.8 Å². The monoisotopic (exact) mass is 387 g/mol. The van der Waals surface area contributed by atoms with E-state index in [0.29, 0.717) is 17.1 Å². The molecular weight excluding hydrogens is 354 g/mol. The number of fused-ring (bicyclic) bond motifs is 1. The second-order valence-corrected chi connectivity index (χ2v) is 8.14. The molecule has 3 rings (SSSR count). The standard InChI is InChI=1S/C22H33N3O3/c1-6-7-12-28-17-10-8-16(9-11-17)23-21(26)18-15(3)25(5)20-14(2)13-24(4)22(27)19(18)20/h13,16-17H,6-12H2,1-5H3,(H,23,26)/t16-,17-. The Morgan fingerprint density at radius 3 is 2.54 bits per heavy atom. The quantitative estimate of drug-likeness (QED) is 0.773. The zero-order chi connectivity index (χ0) is 20.4. The summed E-state index contributed by atoms with van der Waals surface area (Å²) in [4.78, 5) is 25.9. The molecule has 6 nitrogen and oxygen atoms in total. The first kappa shape index (κ1) is 20.6. The van der Waals surface area contributed by atoms with Crippen molar-refractivity contribution in [2.24, 2.45) is 14.1 Å². The first-order valence-corrected chi connectivity index (χ1v) is 10.4. The summed E-state index contributed by atoms with van der Waals surface area (Å²) in [5.74, 6) is -0.138. The van der Waals surface area contributed by atoms with Crippen LogP contribution in [0.15, 0.2) is 11.0 Å². The van der Waals surface area contributed by atoms with Crippen LogP contribution in [-0.4, -0.2) is 33.8 Å². The van der Waals surface area contributed by atoms with Gasteiger partial charge >= 0.3 is 0 Å². The number of hydrogen-bond acceptors (Lipinski definition) is 3. The normalized spacial score (nSPS) is 19.9. The molecule has 1 N–H and O–H groups in total. The highest BCUT2D eigenvalue weighted by atomic mass is 16.5. The van der Waals surface area contributed by atoms with Crippen molar-refractivity contribution in [2.75, 3.05) is 6.61 Å². The number of aromatic nitrogens is 2. The Bertz CT molecular complexity index is 917. The minimum absolute atomic E-state index is 0.123. The van der Waals surface area contributed by atoms with E-state index in [1.165, 1.54) is 0 Å². The van der Waals surface area contributed by atoms with Crippen LogP contribution in [0.5, 0.6) is 0 Å². The number of amides is 1. The number of pyridine rings is 1. The summed E-state index contributed by atoms with van der Waals surface area (Å²) in [6.45, 7) is 6.88. The zero-order valence-electron chi connectivity index (χ0n) is 17.8. The van der Waals surface area contributed by atoms with Gasteiger partial charge < -0.3 is 19.2 Å². The molecular formula is C22H33N3O3. The van der Waals surface area contributed by atoms with E-state index in [1.807, 2.05) is 31.7 Å². The highest BCUT2D eigenvalue weighted by Gasteiger charge is 2.27. The van der Waals surface area contributed by atoms with Crippen LogP contribution in [-0.2, 0) is 18.8 Å². The van der Waals surface area contributed by atoms with Gasteiger partial charge in [-0.3, -0.25) is 9.59 Å². The summed E-state index contributed by atoms with van der Waals surface area (Å²) in [6, 6.07) is 0.141. The molecule has 1 amide bonds. The van der Waals surface area contributed by atoms with E-state index in [4.69, 9.17) is 4.74 Å². The summed E-state index contributed by atoms with van der Waals surface area (Å²) in [6.07, 6.45) is 8.18. The van der Waals surface area contributed by atoms with Crippen LogP contribution in [0.4, 0.5) is 0 Å². The molecule has 0 aromatic carbocycles. The Hall–Kier alpha value is -2.08. The van der Waals surface area contributed by atoms with Crippen LogP contribution < -0.4 is 10.9 Å². The lowest BCUT2D eigenvalue weighted by Crippen LogP contribution is -2.39. The smallest absolute Gasteiger partial charge is 0.260 e. The van der Waals surface area contributed by atoms with E-state index < -0.39 is 0 Å². The predicted molar refractivity (Wildman–Crippen MR) is 112 cm³/mol. The Kier molecular flexibility index (Phi) is 6.28. The zero-order valence-corrected chi connectivity index (χ0v) is 17.8. The van der Waals surface area contributed by atoms with Gasteiger partial charge in [0.05, 0.1) is 22.6 Å². The minimum Gasteiger partial charge on any atom is -0.378 e. The molecule has 0 aliphatic heterocycles. The molecule has 0 atom stereocenters. The maximum Gasteiger partial charge on any atom is 0.260 e. The second-order valence-electron chi connectivity index (χ2n) is 8.14. The molecule has 28 heavy (non-hydrogen) atoms. The second kappa shape index (κ2) is 8.52. The Balaban J connectivity index is 1.77. The topological polar surface area (TPSA) is 65.3 Å². The molecule has 2 aromatic rings. The number of unbranched alkanes of at least 4 members (excludes halogenated alkanes) is 1. The van der Waals surface area contributed by atoms with Gasteiger partial charge in [-0.2, -0.15) is 0 Å². The molecule has 0 unspecified atom stereocenters. The first-order chi connectivity index (χ1) is 13.3. The number of nitrogens with zero attached hydrogens (tertiary/aromatic N) is 2. The van der Waals surface area contributed by atoms with Crippen LogP contribution in [0.25, 0.3) is 10.9 Å². The molecule has 2 heterocycles. The maximum absolute atomic E-state index is 13.1. The molecule has 1 aliphatic carbocycles. The predicted octanol–water partition coefficient (Wildman–Crippen LogP) is 3.35. The summed E-state index contributed by atoms with van der Waals surface area (Å²) in [5, 5.41) is 3.70. The summed E-state index contributed by atoms with van der Waals surface area (Å²) >= 11 is 0. The van der Waals surface area contributed by atoms with Gasteiger partial charge in [-0.25, -0.2) is 0 Å². The van der Waals surface area contributed by atoms with E-state index in [0.717, 1.165) is 61.9 Å². The van der Waals surface area contributed by atoms with E-state index in [-0.39, 0.29) is 17.5 Å². The number of rotatable bonds is 6. The van der Waals surface area contributed by atoms with Gasteiger partial charge in [-0.1, -0.05) is 13.3 Å². The van der Waals surface area contributed by atoms with Crippen LogP contribution in [0.2, 0.25) is 0 Å². The van der Waals surface area contributed by atoms with Crippen molar-refractivity contribution in [3.05, 3.63) is 33.4 Å². The van der Waals surface area contributed by atoms with Crippen LogP contribution in [0.3, 0.4) is 0 Å². The van der Waals surface area contributed by atoms with Crippen molar-refractivity contribution in [2.45, 2.75) is 71.4 Å². The van der Waals surface area contributed by atoms with Crippen molar-refractivity contribution >= 4 is 16.8 Å². The highest BCUT2D eigenvalue weighted by Crippen LogP contribution is 2.26. The third-order valence-corrected chi connectivity index (χ3v) is 6.07. The fourth-order valence-corrected chi connectivity index (χ4v) is 4.36. The Morgan fingerprint density at radius 1 is 1.21 bits per heavy atom. The number of hydrogen-bond donors (Lipinski definition) is 1. The number of aryl methyl sites for hydroxylation is 3. The molecule has 0 spiro atoms. The summed E-state index contributed by atoms with van der Waals surface area (Å²) in [7, 11) is 3.65. The Morgan fingerprint density at radius 2 is 1.89 bits per heavy atom. The van der Waals surface area contributed by atoms with Crippen LogP contribution >= 0.6 is 0 Å². The molecule has 2 aromatic heterocycles. The van der Waals surface area contributed by atoms with Gasteiger partial charge in [0, 0.05) is 38.6 Å². The lowest BCUT2D eigenvalue weighted by molar-refractivity contribution is 0.0209. The number of ether oxygens (including phenoxy) is 1. The van der Waals surface area contributed by atoms with Gasteiger partial charge in [0.25, 0.3) is 11.5 Å². The summed E-state index contributed by atoms with van der Waals surface area (Å²) in [5.41, 5.74) is 3.06. The molecule has 1 saturated carbocycles. The van der Waals surface area contributed by atoms with E-state index >= 15 is 0 Å². The van der Waals surface area contributed by atoms with Crippen molar-refractivity contribution in [1.29, 1.82) is 0 Å². The average Bonchev–Trinajstić information content (AvgIpc) is 2.93. The molecule has 1 fully saturated rings. The lowest BCUT2D eigenvalue weighted by Gasteiger charge is -2.29. The highest BCUT2D eigenvalue weighted by molar-refractivity contribution is 6.08. The van der Waals surface area contributed by atoms with Crippen molar-refractivity contribution < 1.29 is 9.53 Å². The Labute approximate surface area is 166 Å². The number of carbonyl (C=O) groups is 1. The van der Waals surface area contributed by atoms with Crippen molar-refractivity contribution in [3.8, 4) is 0 Å². The summed E-state index contributed by atoms with van der Waals surface area (Å²) < 4.78 is 9.44. The largest absolute Gasteiger partial charge is 0.378 e. The van der Waals surface area contributed by atoms with Gasteiger partial charge in [0.1, 0.15) is 0 Å². The third-order valence-electron chi connectivity index (χ3n) is 6.07. The maximum atomic E-state index is 13.1. The van der Waals surface area contributed by atoms with E-state index in [9.17, 15) is 9.59 Å². The fourth-order valence-electron chi connectivity index (χ4n) is 4.36. The van der Waals surface area contributed by atoms with Gasteiger partial charge in [0.2, 0.25) is 0 Å². The van der Waals surface area contributed by atoms with E-state index in [2.05, 4.69) is 12.2 Å². The van der Waals surface area contributed by atoms with Crippen LogP contribution in [0.1, 0.15) is 67.1 Å². The molecule has 154 valence electrons. The lowest BCUT2D eigenvalue weighted by atomic mass is 9.92. The molecule has 6 heteroatoms. The third kappa shape index (κ3) is 3.88. The van der Waals surface area contributed by atoms with Crippen molar-refractivity contribution in [1.82, 2.24) is 14.5 Å². The average molecular weight is 388 g/mol. The first-order valence-electron chi connectivity index (χ1n) is 10.4. The molecule has 0 radical (unpaired) electrons. The van der Waals surface area contributed by atoms with Gasteiger partial charge in [-0.05, 0) is 51.5 Å².